The van der Waals surface area contributed by atoms with E-state index < -0.39 is 21.8 Å². The summed E-state index contributed by atoms with van der Waals surface area (Å²) in [6, 6.07) is 10.3. The number of anilines is 1. The highest BCUT2D eigenvalue weighted by Crippen LogP contribution is 2.27. The monoisotopic (exact) mass is 455 g/mol. The van der Waals surface area contributed by atoms with Crippen molar-refractivity contribution in [2.24, 2.45) is 11.8 Å². The van der Waals surface area contributed by atoms with Crippen LogP contribution in [0.3, 0.4) is 0 Å². The molecule has 0 bridgehead atoms. The molecule has 168 valence electrons. The van der Waals surface area contributed by atoms with Crippen LogP contribution in [0.1, 0.15) is 51.3 Å². The minimum absolute atomic E-state index is 0.153. The lowest BCUT2D eigenvalue weighted by Gasteiger charge is -2.34. The Hall–Kier alpha value is -3.04. The predicted octanol–water partition coefficient (Wildman–Crippen LogP) is 2.83. The number of nitrogens with zero attached hydrogens (tertiary/aromatic N) is 2. The summed E-state index contributed by atoms with van der Waals surface area (Å²) in [7, 11) is -2.22. The molecule has 0 saturated carbocycles. The summed E-state index contributed by atoms with van der Waals surface area (Å²) in [6.45, 7) is 5.07. The van der Waals surface area contributed by atoms with E-state index in [4.69, 9.17) is 0 Å². The van der Waals surface area contributed by atoms with E-state index in [1.165, 1.54) is 47.8 Å². The standard InChI is InChI=1S/C23H25N3O5S/c1-14-10-15(2)13-26(12-14)32(30,31)18-7-4-16(5-8-18)21(27)24-17-6-9-19-20(11-17)23(29)25(3)22(19)28/h4-9,11,14-15H,10,12-13H2,1-3H3,(H,24,27)/t14-,15-/m1/s1. The number of amides is 3. The highest BCUT2D eigenvalue weighted by molar-refractivity contribution is 7.89. The molecule has 0 aromatic heterocycles. The van der Waals surface area contributed by atoms with Crippen LogP contribution in [0.15, 0.2) is 47.4 Å². The molecule has 2 heterocycles. The van der Waals surface area contributed by atoms with Gasteiger partial charge in [-0.25, -0.2) is 8.42 Å². The Morgan fingerprint density at radius 2 is 1.53 bits per heavy atom. The fraction of sp³-hybridized carbons (Fsp3) is 0.348. The Morgan fingerprint density at radius 3 is 2.16 bits per heavy atom. The first kappa shape index (κ1) is 22.2. The van der Waals surface area contributed by atoms with Crippen molar-refractivity contribution in [2.45, 2.75) is 25.2 Å². The molecule has 0 radical (unpaired) electrons. The van der Waals surface area contributed by atoms with Crippen LogP contribution in [0.25, 0.3) is 0 Å². The summed E-state index contributed by atoms with van der Waals surface area (Å²) in [5, 5.41) is 2.69. The van der Waals surface area contributed by atoms with Crippen LogP contribution in [0.4, 0.5) is 5.69 Å². The Labute approximate surface area is 187 Å². The van der Waals surface area contributed by atoms with Gasteiger partial charge in [0.2, 0.25) is 10.0 Å². The number of hydrogen-bond acceptors (Lipinski definition) is 5. The van der Waals surface area contributed by atoms with Gasteiger partial charge in [0.05, 0.1) is 16.0 Å². The largest absolute Gasteiger partial charge is 0.322 e. The van der Waals surface area contributed by atoms with Gasteiger partial charge in [0.25, 0.3) is 17.7 Å². The van der Waals surface area contributed by atoms with Crippen molar-refractivity contribution in [1.29, 1.82) is 0 Å². The molecule has 1 N–H and O–H groups in total. The van der Waals surface area contributed by atoms with Crippen LogP contribution in [0, 0.1) is 11.8 Å². The molecule has 9 heteroatoms. The van der Waals surface area contributed by atoms with Crippen molar-refractivity contribution in [3.63, 3.8) is 0 Å². The summed E-state index contributed by atoms with van der Waals surface area (Å²) < 4.78 is 27.5. The van der Waals surface area contributed by atoms with Crippen molar-refractivity contribution in [2.75, 3.05) is 25.5 Å². The molecule has 32 heavy (non-hydrogen) atoms. The van der Waals surface area contributed by atoms with Crippen LogP contribution in [0.5, 0.6) is 0 Å². The Kier molecular flexibility index (Phi) is 5.64. The summed E-state index contributed by atoms with van der Waals surface area (Å²) in [5.41, 5.74) is 1.19. The lowest BCUT2D eigenvalue weighted by molar-refractivity contribution is 0.0692. The van der Waals surface area contributed by atoms with Gasteiger partial charge in [-0.15, -0.1) is 0 Å². The number of fused-ring (bicyclic) bond motifs is 1. The van der Waals surface area contributed by atoms with Gasteiger partial charge < -0.3 is 5.32 Å². The summed E-state index contributed by atoms with van der Waals surface area (Å²) >= 11 is 0. The van der Waals surface area contributed by atoms with Gasteiger partial charge in [0.1, 0.15) is 0 Å². The number of rotatable bonds is 4. The molecule has 2 atom stereocenters. The molecular weight excluding hydrogens is 430 g/mol. The maximum atomic E-state index is 13.0. The van der Waals surface area contributed by atoms with Crippen LogP contribution < -0.4 is 5.32 Å². The molecule has 0 spiro atoms. The average Bonchev–Trinajstić information content (AvgIpc) is 2.97. The van der Waals surface area contributed by atoms with E-state index >= 15 is 0 Å². The van der Waals surface area contributed by atoms with E-state index in [2.05, 4.69) is 5.32 Å². The van der Waals surface area contributed by atoms with Crippen LogP contribution in [-0.2, 0) is 10.0 Å². The number of nitrogens with one attached hydrogen (secondary N) is 1. The van der Waals surface area contributed by atoms with Gasteiger partial charge in [-0.2, -0.15) is 4.31 Å². The molecule has 2 aromatic carbocycles. The fourth-order valence-electron chi connectivity index (χ4n) is 4.37. The quantitative estimate of drug-likeness (QED) is 0.714. The van der Waals surface area contributed by atoms with Gasteiger partial charge >= 0.3 is 0 Å². The fourth-order valence-corrected chi connectivity index (χ4v) is 6.05. The zero-order chi connectivity index (χ0) is 23.2. The third kappa shape index (κ3) is 3.93. The zero-order valence-electron chi connectivity index (χ0n) is 18.2. The molecule has 2 aromatic rings. The molecule has 3 amide bonds. The third-order valence-corrected chi connectivity index (χ3v) is 7.78. The molecule has 4 rings (SSSR count). The van der Waals surface area contributed by atoms with Crippen molar-refractivity contribution >= 4 is 33.4 Å². The lowest BCUT2D eigenvalue weighted by atomic mass is 9.94. The van der Waals surface area contributed by atoms with Crippen molar-refractivity contribution in [3.05, 3.63) is 59.2 Å². The van der Waals surface area contributed by atoms with Crippen molar-refractivity contribution in [3.8, 4) is 0 Å². The summed E-state index contributed by atoms with van der Waals surface area (Å²) in [5.74, 6) is -0.644. The first-order chi connectivity index (χ1) is 15.1. The minimum Gasteiger partial charge on any atom is -0.322 e. The van der Waals surface area contributed by atoms with E-state index in [0.717, 1.165) is 11.3 Å². The highest BCUT2D eigenvalue weighted by Gasteiger charge is 2.33. The second-order valence-electron chi connectivity index (χ2n) is 8.68. The summed E-state index contributed by atoms with van der Waals surface area (Å²) in [4.78, 5) is 38.0. The SMILES string of the molecule is C[C@@H]1C[C@@H](C)CN(S(=O)(=O)c2ccc(C(=O)Nc3ccc4c(c3)C(=O)N(C)C4=O)cc2)C1. The predicted molar refractivity (Wildman–Crippen MR) is 119 cm³/mol. The molecule has 2 aliphatic heterocycles. The van der Waals surface area contributed by atoms with Crippen molar-refractivity contribution < 1.29 is 22.8 Å². The molecule has 1 saturated heterocycles. The number of carbonyl (C=O) groups excluding carboxylic acids is 3. The Morgan fingerprint density at radius 1 is 0.938 bits per heavy atom. The second-order valence-corrected chi connectivity index (χ2v) is 10.6. The number of sulfonamides is 1. The van der Waals surface area contributed by atoms with E-state index in [-0.39, 0.29) is 21.9 Å². The van der Waals surface area contributed by atoms with Gasteiger partial charge in [-0.1, -0.05) is 13.8 Å². The smallest absolute Gasteiger partial charge is 0.261 e. The van der Waals surface area contributed by atoms with Gasteiger partial charge in [-0.05, 0) is 60.7 Å². The molecule has 0 aliphatic carbocycles. The number of piperidine rings is 1. The average molecular weight is 456 g/mol. The first-order valence-electron chi connectivity index (χ1n) is 10.5. The first-order valence-corrected chi connectivity index (χ1v) is 11.9. The molecule has 2 aliphatic rings. The Balaban J connectivity index is 1.50. The van der Waals surface area contributed by atoms with Gasteiger partial charge in [-0.3, -0.25) is 19.3 Å². The van der Waals surface area contributed by atoms with E-state index in [0.29, 0.717) is 36.2 Å². The second kappa shape index (κ2) is 8.14. The van der Waals surface area contributed by atoms with Crippen LogP contribution >= 0.6 is 0 Å². The number of imide groups is 1. The maximum absolute atomic E-state index is 13.0. The van der Waals surface area contributed by atoms with Gasteiger partial charge in [0.15, 0.2) is 0 Å². The number of hydrogen-bond donors (Lipinski definition) is 1. The molecule has 1 fully saturated rings. The normalized spacial score (nSPS) is 21.5. The molecule has 0 unspecified atom stereocenters. The van der Waals surface area contributed by atoms with Crippen molar-refractivity contribution in [1.82, 2.24) is 9.21 Å². The highest BCUT2D eigenvalue weighted by atomic mass is 32.2. The minimum atomic E-state index is -3.63. The van der Waals surface area contributed by atoms with E-state index in [1.54, 1.807) is 6.07 Å². The van der Waals surface area contributed by atoms with E-state index in [1.807, 2.05) is 13.8 Å². The lowest BCUT2D eigenvalue weighted by Crippen LogP contribution is -2.42. The number of carbonyl (C=O) groups is 3. The third-order valence-electron chi connectivity index (χ3n) is 5.94. The Bertz CT molecular complexity index is 1200. The molecule has 8 nitrogen and oxygen atoms in total. The van der Waals surface area contributed by atoms with E-state index in [9.17, 15) is 22.8 Å². The molecular formula is C23H25N3O5S. The summed E-state index contributed by atoms with van der Waals surface area (Å²) in [6.07, 6.45) is 1.00. The van der Waals surface area contributed by atoms with Gasteiger partial charge in [0, 0.05) is 31.4 Å². The topological polar surface area (TPSA) is 104 Å². The van der Waals surface area contributed by atoms with Crippen LogP contribution in [0.2, 0.25) is 0 Å². The number of benzene rings is 2. The maximum Gasteiger partial charge on any atom is 0.261 e. The van der Waals surface area contributed by atoms with Crippen LogP contribution in [-0.4, -0.2) is 55.5 Å². The zero-order valence-corrected chi connectivity index (χ0v) is 19.0.